The SMILES string of the molecule is [2H]c1c([2H])c(N(c2ccc3c(c2)C(C)(C)c2ccccc2-3)c2ccccc2-c2ccccc2)c([2H])c([2H])c1-c1cccc(-c2cccc3ccccc23)c1. The highest BCUT2D eigenvalue weighted by molar-refractivity contribution is 5.97. The Balaban J connectivity index is 1.26. The van der Waals surface area contributed by atoms with Gasteiger partial charge in [0, 0.05) is 22.4 Å². The maximum absolute atomic E-state index is 9.66. The van der Waals surface area contributed by atoms with Crippen molar-refractivity contribution in [1.29, 1.82) is 0 Å². The van der Waals surface area contributed by atoms with Gasteiger partial charge in [-0.15, -0.1) is 0 Å². The smallest absolute Gasteiger partial charge is 0.0645 e. The van der Waals surface area contributed by atoms with Crippen LogP contribution in [0.1, 0.15) is 30.5 Å². The van der Waals surface area contributed by atoms with Gasteiger partial charge in [-0.2, -0.15) is 0 Å². The molecule has 0 unspecified atom stereocenters. The monoisotopic (exact) mass is 643 g/mol. The Bertz CT molecular complexity index is 2720. The Hall–Kier alpha value is -6.18. The number of fused-ring (bicyclic) bond motifs is 4. The Morgan fingerprint density at radius 1 is 0.420 bits per heavy atom. The minimum atomic E-state index is -0.278. The average molecular weight is 644 g/mol. The van der Waals surface area contributed by atoms with Gasteiger partial charge < -0.3 is 4.90 Å². The molecule has 0 fully saturated rings. The molecule has 0 aromatic heterocycles. The second-order valence-corrected chi connectivity index (χ2v) is 13.5. The molecule has 238 valence electrons. The molecule has 0 saturated heterocycles. The number of hydrogen-bond acceptors (Lipinski definition) is 1. The summed E-state index contributed by atoms with van der Waals surface area (Å²) in [5.41, 5.74) is 11.1. The Kier molecular flexibility index (Phi) is 6.22. The van der Waals surface area contributed by atoms with Crippen LogP contribution in [0.5, 0.6) is 0 Å². The van der Waals surface area contributed by atoms with E-state index in [0.717, 1.165) is 55.5 Å². The summed E-state index contributed by atoms with van der Waals surface area (Å²) in [5.74, 6) is 0. The van der Waals surface area contributed by atoms with Crippen molar-refractivity contribution in [3.8, 4) is 44.5 Å². The zero-order chi connectivity index (χ0) is 37.1. The molecule has 0 radical (unpaired) electrons. The molecule has 0 saturated carbocycles. The molecule has 0 N–H and O–H groups in total. The summed E-state index contributed by atoms with van der Waals surface area (Å²) in [6, 6.07) is 54.9. The molecule has 1 aliphatic rings. The second kappa shape index (κ2) is 12.1. The number of rotatable bonds is 6. The van der Waals surface area contributed by atoms with Crippen LogP contribution in [-0.4, -0.2) is 0 Å². The molecule has 8 aromatic rings. The van der Waals surface area contributed by atoms with Crippen LogP contribution in [0.25, 0.3) is 55.3 Å². The van der Waals surface area contributed by atoms with E-state index in [1.165, 1.54) is 11.1 Å². The van der Waals surface area contributed by atoms with E-state index in [2.05, 4.69) is 92.7 Å². The van der Waals surface area contributed by atoms with E-state index >= 15 is 0 Å². The number of para-hydroxylation sites is 1. The van der Waals surface area contributed by atoms with Gasteiger partial charge in [-0.3, -0.25) is 0 Å². The lowest BCUT2D eigenvalue weighted by Crippen LogP contribution is -2.16. The van der Waals surface area contributed by atoms with Gasteiger partial charge in [-0.25, -0.2) is 0 Å². The van der Waals surface area contributed by atoms with Crippen LogP contribution in [0.15, 0.2) is 188 Å². The van der Waals surface area contributed by atoms with Crippen molar-refractivity contribution in [1.82, 2.24) is 0 Å². The van der Waals surface area contributed by atoms with Gasteiger partial charge in [0.1, 0.15) is 0 Å². The predicted octanol–water partition coefficient (Wildman–Crippen LogP) is 13.6. The summed E-state index contributed by atoms with van der Waals surface area (Å²) in [4.78, 5) is 1.93. The molecule has 1 nitrogen and oxygen atoms in total. The Labute approximate surface area is 300 Å². The van der Waals surface area contributed by atoms with Crippen molar-refractivity contribution in [2.75, 3.05) is 4.90 Å². The first kappa shape index (κ1) is 25.8. The summed E-state index contributed by atoms with van der Waals surface area (Å²) in [6.45, 7) is 4.47. The quantitative estimate of drug-likeness (QED) is 0.174. The lowest BCUT2D eigenvalue weighted by Gasteiger charge is -2.30. The first-order valence-electron chi connectivity index (χ1n) is 19.1. The Morgan fingerprint density at radius 2 is 1.04 bits per heavy atom. The molecular weight excluding hydrogens is 603 g/mol. The van der Waals surface area contributed by atoms with Crippen LogP contribution >= 0.6 is 0 Å². The van der Waals surface area contributed by atoms with Crippen LogP contribution in [0, 0.1) is 0 Å². The standard InChI is InChI=1S/C49H37N/c1-49(2)46-24-10-8-22-44(46)45-31-30-40(33-47(45)49)50(48-25-11-9-21-43(48)36-14-4-3-5-15-36)39-28-26-34(27-29-39)37-18-12-19-38(32-37)42-23-13-17-35-16-6-7-20-41(35)42/h3-33H,1-2H3/i26D,27D,28D,29D. The van der Waals surface area contributed by atoms with Crippen LogP contribution in [-0.2, 0) is 5.41 Å². The summed E-state index contributed by atoms with van der Waals surface area (Å²) in [6.07, 6.45) is 0. The molecule has 50 heavy (non-hydrogen) atoms. The van der Waals surface area contributed by atoms with Gasteiger partial charge in [0.25, 0.3) is 0 Å². The Morgan fingerprint density at radius 3 is 1.90 bits per heavy atom. The minimum Gasteiger partial charge on any atom is -0.310 e. The van der Waals surface area contributed by atoms with Crippen molar-refractivity contribution in [3.05, 3.63) is 199 Å². The van der Waals surface area contributed by atoms with E-state index in [1.807, 2.05) is 89.8 Å². The minimum absolute atomic E-state index is 0.0860. The summed E-state index contributed by atoms with van der Waals surface area (Å²) in [5, 5.41) is 2.24. The van der Waals surface area contributed by atoms with Gasteiger partial charge >= 0.3 is 0 Å². The molecular formula is C49H37N. The van der Waals surface area contributed by atoms with Crippen LogP contribution in [0.2, 0.25) is 0 Å². The molecule has 1 heteroatoms. The molecule has 0 heterocycles. The molecule has 9 rings (SSSR count). The predicted molar refractivity (Wildman–Crippen MR) is 213 cm³/mol. The number of nitrogens with zero attached hydrogens (tertiary/aromatic N) is 1. The maximum atomic E-state index is 9.66. The first-order valence-corrected chi connectivity index (χ1v) is 17.1. The number of benzene rings is 8. The zero-order valence-electron chi connectivity index (χ0n) is 32.0. The van der Waals surface area contributed by atoms with E-state index < -0.39 is 0 Å². The van der Waals surface area contributed by atoms with Crippen molar-refractivity contribution in [2.24, 2.45) is 0 Å². The van der Waals surface area contributed by atoms with Crippen LogP contribution in [0.4, 0.5) is 17.1 Å². The number of anilines is 3. The summed E-state index contributed by atoms with van der Waals surface area (Å²) < 4.78 is 38.3. The van der Waals surface area contributed by atoms with Gasteiger partial charge in [0.05, 0.1) is 11.2 Å². The van der Waals surface area contributed by atoms with E-state index in [0.29, 0.717) is 5.56 Å². The molecule has 0 bridgehead atoms. The van der Waals surface area contributed by atoms with Gasteiger partial charge in [-0.1, -0.05) is 165 Å². The van der Waals surface area contributed by atoms with Crippen molar-refractivity contribution in [3.63, 3.8) is 0 Å². The molecule has 8 aromatic carbocycles. The largest absolute Gasteiger partial charge is 0.310 e. The van der Waals surface area contributed by atoms with Crippen molar-refractivity contribution >= 4 is 27.8 Å². The third kappa shape index (κ3) is 5.02. The van der Waals surface area contributed by atoms with E-state index in [1.54, 1.807) is 0 Å². The van der Waals surface area contributed by atoms with Crippen LogP contribution in [0.3, 0.4) is 0 Å². The second-order valence-electron chi connectivity index (χ2n) is 13.5. The lowest BCUT2D eigenvalue weighted by molar-refractivity contribution is 0.660. The summed E-state index contributed by atoms with van der Waals surface area (Å²) in [7, 11) is 0. The maximum Gasteiger partial charge on any atom is 0.0645 e. The van der Waals surface area contributed by atoms with E-state index in [9.17, 15) is 5.48 Å². The highest BCUT2D eigenvalue weighted by atomic mass is 15.1. The van der Waals surface area contributed by atoms with Crippen molar-refractivity contribution in [2.45, 2.75) is 19.3 Å². The van der Waals surface area contributed by atoms with E-state index in [4.69, 9.17) is 0 Å². The molecule has 1 aliphatic carbocycles. The summed E-state index contributed by atoms with van der Waals surface area (Å²) >= 11 is 0. The molecule has 0 amide bonds. The van der Waals surface area contributed by atoms with E-state index in [-0.39, 0.29) is 40.8 Å². The zero-order valence-corrected chi connectivity index (χ0v) is 28.0. The van der Waals surface area contributed by atoms with Gasteiger partial charge in [-0.05, 0) is 97.2 Å². The lowest BCUT2D eigenvalue weighted by atomic mass is 9.82. The van der Waals surface area contributed by atoms with Crippen molar-refractivity contribution < 1.29 is 5.48 Å². The highest BCUT2D eigenvalue weighted by Gasteiger charge is 2.35. The normalized spacial score (nSPS) is 13.9. The highest BCUT2D eigenvalue weighted by Crippen LogP contribution is 2.51. The molecule has 0 spiro atoms. The first-order chi connectivity index (χ1) is 26.2. The average Bonchev–Trinajstić information content (AvgIpc) is 3.44. The van der Waals surface area contributed by atoms with Gasteiger partial charge in [0.15, 0.2) is 0 Å². The third-order valence-corrected chi connectivity index (χ3v) is 10.1. The number of hydrogen-bond donors (Lipinski definition) is 0. The van der Waals surface area contributed by atoms with Gasteiger partial charge in [0.2, 0.25) is 0 Å². The fourth-order valence-corrected chi connectivity index (χ4v) is 7.63. The van der Waals surface area contributed by atoms with Crippen LogP contribution < -0.4 is 4.90 Å². The molecule has 0 aliphatic heterocycles. The third-order valence-electron chi connectivity index (χ3n) is 10.1. The fraction of sp³-hybridized carbons (Fsp3) is 0.0612. The molecule has 0 atom stereocenters. The topological polar surface area (TPSA) is 3.24 Å². The fourth-order valence-electron chi connectivity index (χ4n) is 7.63.